The molecule has 0 aliphatic carbocycles. The molecule has 3 heterocycles. The van der Waals surface area contributed by atoms with Crippen LogP contribution in [0.1, 0.15) is 42.4 Å². The zero-order valence-electron chi connectivity index (χ0n) is 21.7. The molecule has 1 N–H and O–H groups in total. The molecule has 0 amide bonds. The zero-order chi connectivity index (χ0) is 25.5. The first kappa shape index (κ1) is 24.8. The standard InChI is InChI=1S/C28H35N7O2/c1-21-7-10-25(19-22(21)2)37-18-17-36-24-11-8-23(9-12-24)20-29-33-26-30-27(34-13-3-4-14-34)32-28(31-26)35-15-5-6-16-35/h7-12,19-20H,3-6,13-18H2,1-2H3,(H,30,31,32,33)/b29-20-. The highest BCUT2D eigenvalue weighted by Gasteiger charge is 2.21. The Kier molecular flexibility index (Phi) is 7.98. The van der Waals surface area contributed by atoms with Crippen LogP contribution in [0.2, 0.25) is 0 Å². The van der Waals surface area contributed by atoms with Crippen LogP contribution in [0.4, 0.5) is 17.8 Å². The smallest absolute Gasteiger partial charge is 0.250 e. The second-order valence-corrected chi connectivity index (χ2v) is 9.53. The van der Waals surface area contributed by atoms with Crippen molar-refractivity contribution < 1.29 is 9.47 Å². The van der Waals surface area contributed by atoms with Crippen molar-refractivity contribution in [2.24, 2.45) is 5.10 Å². The maximum atomic E-state index is 5.81. The van der Waals surface area contributed by atoms with Gasteiger partial charge in [-0.05, 0) is 92.6 Å². The average Bonchev–Trinajstić information content (AvgIpc) is 3.65. The molecule has 2 fully saturated rings. The van der Waals surface area contributed by atoms with E-state index in [4.69, 9.17) is 14.5 Å². The largest absolute Gasteiger partial charge is 0.490 e. The van der Waals surface area contributed by atoms with Crippen LogP contribution in [0.5, 0.6) is 11.5 Å². The molecule has 0 saturated carbocycles. The molecule has 2 saturated heterocycles. The van der Waals surface area contributed by atoms with Crippen LogP contribution in [0, 0.1) is 13.8 Å². The highest BCUT2D eigenvalue weighted by atomic mass is 16.5. The number of nitrogens with one attached hydrogen (secondary N) is 1. The van der Waals surface area contributed by atoms with Gasteiger partial charge in [-0.2, -0.15) is 20.1 Å². The predicted molar refractivity (Wildman–Crippen MR) is 147 cm³/mol. The van der Waals surface area contributed by atoms with Crippen molar-refractivity contribution in [3.8, 4) is 11.5 Å². The Balaban J connectivity index is 1.14. The van der Waals surface area contributed by atoms with E-state index < -0.39 is 0 Å². The summed E-state index contributed by atoms with van der Waals surface area (Å²) in [5.41, 5.74) is 6.43. The van der Waals surface area contributed by atoms with Gasteiger partial charge in [0.05, 0.1) is 6.21 Å². The lowest BCUT2D eigenvalue weighted by Crippen LogP contribution is -2.25. The second kappa shape index (κ2) is 11.9. The fraction of sp³-hybridized carbons (Fsp3) is 0.429. The lowest BCUT2D eigenvalue weighted by molar-refractivity contribution is 0.217. The summed E-state index contributed by atoms with van der Waals surface area (Å²) in [4.78, 5) is 18.4. The van der Waals surface area contributed by atoms with Gasteiger partial charge in [-0.15, -0.1) is 0 Å². The molecule has 3 aromatic rings. The molecule has 2 aromatic carbocycles. The highest BCUT2D eigenvalue weighted by Crippen LogP contribution is 2.23. The quantitative estimate of drug-likeness (QED) is 0.245. The van der Waals surface area contributed by atoms with E-state index in [0.717, 1.165) is 55.1 Å². The molecule has 0 radical (unpaired) electrons. The summed E-state index contributed by atoms with van der Waals surface area (Å²) in [5.74, 6) is 3.59. The van der Waals surface area contributed by atoms with Crippen LogP contribution in [0.15, 0.2) is 47.6 Å². The van der Waals surface area contributed by atoms with Crippen molar-refractivity contribution in [1.29, 1.82) is 0 Å². The molecule has 9 heteroatoms. The summed E-state index contributed by atoms with van der Waals surface area (Å²) in [5, 5.41) is 4.37. The minimum absolute atomic E-state index is 0.471. The average molecular weight is 502 g/mol. The summed E-state index contributed by atoms with van der Waals surface area (Å²) in [6, 6.07) is 13.9. The van der Waals surface area contributed by atoms with Crippen LogP contribution in [0.25, 0.3) is 0 Å². The first-order chi connectivity index (χ1) is 18.1. The van der Waals surface area contributed by atoms with Crippen LogP contribution < -0.4 is 24.7 Å². The minimum Gasteiger partial charge on any atom is -0.490 e. The Morgan fingerprint density at radius 1 is 0.757 bits per heavy atom. The van der Waals surface area contributed by atoms with Crippen molar-refractivity contribution in [3.63, 3.8) is 0 Å². The van der Waals surface area contributed by atoms with E-state index in [0.29, 0.717) is 19.2 Å². The van der Waals surface area contributed by atoms with E-state index in [9.17, 15) is 0 Å². The summed E-state index contributed by atoms with van der Waals surface area (Å²) in [7, 11) is 0. The number of rotatable bonds is 10. The lowest BCUT2D eigenvalue weighted by Gasteiger charge is -2.20. The van der Waals surface area contributed by atoms with E-state index in [1.807, 2.05) is 30.3 Å². The van der Waals surface area contributed by atoms with Crippen molar-refractivity contribution in [2.75, 3.05) is 54.6 Å². The molecule has 2 aliphatic rings. The number of benzene rings is 2. The van der Waals surface area contributed by atoms with Gasteiger partial charge in [-0.25, -0.2) is 5.43 Å². The molecule has 1 aromatic heterocycles. The molecule has 0 bridgehead atoms. The van der Waals surface area contributed by atoms with Crippen molar-refractivity contribution in [2.45, 2.75) is 39.5 Å². The van der Waals surface area contributed by atoms with E-state index in [-0.39, 0.29) is 0 Å². The number of ether oxygens (including phenoxy) is 2. The maximum absolute atomic E-state index is 5.81. The van der Waals surface area contributed by atoms with Gasteiger partial charge in [0.1, 0.15) is 24.7 Å². The van der Waals surface area contributed by atoms with Crippen molar-refractivity contribution in [1.82, 2.24) is 15.0 Å². The second-order valence-electron chi connectivity index (χ2n) is 9.53. The summed E-state index contributed by atoms with van der Waals surface area (Å²) in [6.45, 7) is 9.07. The van der Waals surface area contributed by atoms with Gasteiger partial charge in [0.25, 0.3) is 0 Å². The van der Waals surface area contributed by atoms with E-state index in [1.54, 1.807) is 6.21 Å². The van der Waals surface area contributed by atoms with Gasteiger partial charge in [-0.3, -0.25) is 0 Å². The maximum Gasteiger partial charge on any atom is 0.250 e. The fourth-order valence-electron chi connectivity index (χ4n) is 4.46. The van der Waals surface area contributed by atoms with Crippen molar-refractivity contribution >= 4 is 24.1 Å². The van der Waals surface area contributed by atoms with Crippen LogP contribution in [-0.2, 0) is 0 Å². The molecule has 37 heavy (non-hydrogen) atoms. The first-order valence-electron chi connectivity index (χ1n) is 13.1. The van der Waals surface area contributed by atoms with Crippen LogP contribution in [-0.4, -0.2) is 60.6 Å². The molecular formula is C28H35N7O2. The number of anilines is 3. The Hall–Kier alpha value is -3.88. The monoisotopic (exact) mass is 501 g/mol. The number of hydrazone groups is 1. The Morgan fingerprint density at radius 2 is 1.32 bits per heavy atom. The molecule has 9 nitrogen and oxygen atoms in total. The third-order valence-corrected chi connectivity index (χ3v) is 6.75. The molecule has 0 unspecified atom stereocenters. The normalized spacial score (nSPS) is 15.5. The predicted octanol–water partition coefficient (Wildman–Crippen LogP) is 4.59. The van der Waals surface area contributed by atoms with Crippen LogP contribution in [0.3, 0.4) is 0 Å². The third-order valence-electron chi connectivity index (χ3n) is 6.75. The van der Waals surface area contributed by atoms with Gasteiger partial charge in [0, 0.05) is 26.2 Å². The molecule has 2 aliphatic heterocycles. The highest BCUT2D eigenvalue weighted by molar-refractivity contribution is 5.80. The van der Waals surface area contributed by atoms with Gasteiger partial charge in [-0.1, -0.05) is 6.07 Å². The van der Waals surface area contributed by atoms with Gasteiger partial charge < -0.3 is 19.3 Å². The number of hydrogen-bond donors (Lipinski definition) is 1. The molecule has 194 valence electrons. The third kappa shape index (κ3) is 6.67. The van der Waals surface area contributed by atoms with E-state index >= 15 is 0 Å². The Bertz CT molecular complexity index is 1170. The number of aromatic nitrogens is 3. The molecule has 5 rings (SSSR count). The SMILES string of the molecule is Cc1ccc(OCCOc2ccc(/C=N\Nc3nc(N4CCCC4)nc(N4CCCC4)n3)cc2)cc1C. The van der Waals surface area contributed by atoms with Crippen molar-refractivity contribution in [3.05, 3.63) is 59.2 Å². The first-order valence-corrected chi connectivity index (χ1v) is 13.1. The molecule has 0 atom stereocenters. The Labute approximate surface area is 218 Å². The minimum atomic E-state index is 0.471. The number of hydrogen-bond acceptors (Lipinski definition) is 9. The van der Waals surface area contributed by atoms with E-state index in [1.165, 1.54) is 36.8 Å². The molecule has 0 spiro atoms. The van der Waals surface area contributed by atoms with Gasteiger partial charge in [0.15, 0.2) is 0 Å². The topological polar surface area (TPSA) is 88.0 Å². The number of aryl methyl sites for hydroxylation is 2. The lowest BCUT2D eigenvalue weighted by atomic mass is 10.1. The molecular weight excluding hydrogens is 466 g/mol. The summed E-state index contributed by atoms with van der Waals surface area (Å²) in [6.07, 6.45) is 6.44. The van der Waals surface area contributed by atoms with Gasteiger partial charge >= 0.3 is 0 Å². The summed E-state index contributed by atoms with van der Waals surface area (Å²) < 4.78 is 11.6. The van der Waals surface area contributed by atoms with E-state index in [2.05, 4.69) is 56.3 Å². The number of nitrogens with zero attached hydrogens (tertiary/aromatic N) is 6. The zero-order valence-corrected chi connectivity index (χ0v) is 21.7. The Morgan fingerprint density at radius 3 is 1.92 bits per heavy atom. The van der Waals surface area contributed by atoms with Crippen LogP contribution >= 0.6 is 0 Å². The fourth-order valence-corrected chi connectivity index (χ4v) is 4.46. The summed E-state index contributed by atoms with van der Waals surface area (Å²) >= 11 is 0. The van der Waals surface area contributed by atoms with Gasteiger partial charge in [0.2, 0.25) is 17.8 Å².